The molecule has 0 aromatic heterocycles. The number of nitrogens with zero attached hydrogens (tertiary/aromatic N) is 2. The molecule has 0 spiro atoms. The zero-order chi connectivity index (χ0) is 22.2. The quantitative estimate of drug-likeness (QED) is 0.667. The maximum absolute atomic E-state index is 12.8. The molecule has 1 aliphatic rings. The number of hydrogen-bond donors (Lipinski definition) is 1. The molecule has 3 rings (SSSR count). The normalized spacial score (nSPS) is 15.5. The first-order valence-electron chi connectivity index (χ1n) is 9.74. The molecule has 1 fully saturated rings. The molecule has 31 heavy (non-hydrogen) atoms. The van der Waals surface area contributed by atoms with Crippen LogP contribution in [0.2, 0.25) is 0 Å². The molecule has 1 aliphatic heterocycles. The Morgan fingerprint density at radius 3 is 2.71 bits per heavy atom. The van der Waals surface area contributed by atoms with Crippen LogP contribution in [-0.2, 0) is 9.59 Å². The number of amides is 2. The molecule has 1 atom stereocenters. The van der Waals surface area contributed by atoms with Crippen molar-refractivity contribution in [2.75, 3.05) is 30.7 Å². The van der Waals surface area contributed by atoms with Gasteiger partial charge in [-0.1, -0.05) is 6.07 Å². The van der Waals surface area contributed by atoms with E-state index >= 15 is 0 Å². The smallest absolute Gasteiger partial charge is 0.248 e. The van der Waals surface area contributed by atoms with Gasteiger partial charge in [0.1, 0.15) is 6.04 Å². The number of carbonyl (C=O) groups is 2. The maximum Gasteiger partial charge on any atom is 0.248 e. The summed E-state index contributed by atoms with van der Waals surface area (Å²) in [6.45, 7) is 2.39. The number of carbonyl (C=O) groups excluding carboxylic acids is 2. The highest BCUT2D eigenvalue weighted by Gasteiger charge is 2.33. The number of methoxy groups -OCH3 is 1. The molecular formula is C23H23N3O4S. The van der Waals surface area contributed by atoms with Crippen molar-refractivity contribution in [3.05, 3.63) is 59.7 Å². The molecule has 0 saturated carbocycles. The van der Waals surface area contributed by atoms with E-state index in [0.717, 1.165) is 5.56 Å². The van der Waals surface area contributed by atoms with Gasteiger partial charge >= 0.3 is 0 Å². The lowest BCUT2D eigenvalue weighted by atomic mass is 10.1. The number of anilines is 1. The average molecular weight is 438 g/mol. The Hall–Kier alpha value is -3.44. The van der Waals surface area contributed by atoms with Crippen LogP contribution in [0, 0.1) is 11.3 Å². The lowest BCUT2D eigenvalue weighted by Crippen LogP contribution is -2.43. The van der Waals surface area contributed by atoms with Crippen molar-refractivity contribution in [2.24, 2.45) is 0 Å². The molecule has 0 bridgehead atoms. The zero-order valence-electron chi connectivity index (χ0n) is 17.3. The summed E-state index contributed by atoms with van der Waals surface area (Å²) in [6.07, 6.45) is 3.16. The first kappa shape index (κ1) is 22.2. The van der Waals surface area contributed by atoms with Gasteiger partial charge in [-0.3, -0.25) is 9.59 Å². The predicted octanol–water partition coefficient (Wildman–Crippen LogP) is 3.52. The average Bonchev–Trinajstić information content (AvgIpc) is 3.29. The molecule has 1 saturated heterocycles. The van der Waals surface area contributed by atoms with Gasteiger partial charge in [-0.2, -0.15) is 5.26 Å². The van der Waals surface area contributed by atoms with Crippen LogP contribution in [0.1, 0.15) is 18.1 Å². The van der Waals surface area contributed by atoms with E-state index in [2.05, 4.69) is 5.32 Å². The monoisotopic (exact) mass is 437 g/mol. The Morgan fingerprint density at radius 1 is 1.26 bits per heavy atom. The van der Waals surface area contributed by atoms with Crippen molar-refractivity contribution in [1.29, 1.82) is 5.26 Å². The zero-order valence-corrected chi connectivity index (χ0v) is 18.1. The Bertz CT molecular complexity index is 1010. The Balaban J connectivity index is 1.67. The predicted molar refractivity (Wildman–Crippen MR) is 121 cm³/mol. The van der Waals surface area contributed by atoms with E-state index in [-0.39, 0.29) is 11.8 Å². The number of ether oxygens (including phenoxy) is 2. The Labute approximate surface area is 185 Å². The summed E-state index contributed by atoms with van der Waals surface area (Å²) in [5.41, 5.74) is 1.90. The van der Waals surface area contributed by atoms with Crippen molar-refractivity contribution in [1.82, 2.24) is 4.90 Å². The summed E-state index contributed by atoms with van der Waals surface area (Å²) in [6, 6.07) is 13.5. The molecule has 2 amide bonds. The molecule has 0 aliphatic carbocycles. The number of nitriles is 1. The van der Waals surface area contributed by atoms with Crippen molar-refractivity contribution < 1.29 is 19.1 Å². The minimum atomic E-state index is -0.562. The fourth-order valence-electron chi connectivity index (χ4n) is 3.06. The third kappa shape index (κ3) is 5.58. The molecule has 1 heterocycles. The molecule has 7 nitrogen and oxygen atoms in total. The van der Waals surface area contributed by atoms with Crippen molar-refractivity contribution >= 4 is 35.3 Å². The second kappa shape index (κ2) is 10.5. The van der Waals surface area contributed by atoms with Crippen LogP contribution in [0.25, 0.3) is 6.08 Å². The molecule has 8 heteroatoms. The summed E-state index contributed by atoms with van der Waals surface area (Å²) >= 11 is 1.53. The van der Waals surface area contributed by atoms with Crippen LogP contribution < -0.4 is 14.8 Å². The summed E-state index contributed by atoms with van der Waals surface area (Å²) in [7, 11) is 1.57. The first-order chi connectivity index (χ1) is 15.0. The van der Waals surface area contributed by atoms with Gasteiger partial charge in [0.05, 0.1) is 31.2 Å². The second-order valence-corrected chi connectivity index (χ2v) is 7.68. The van der Waals surface area contributed by atoms with Gasteiger partial charge in [0, 0.05) is 17.5 Å². The Kier molecular flexibility index (Phi) is 7.57. The minimum Gasteiger partial charge on any atom is -0.493 e. The minimum absolute atomic E-state index is 0.237. The molecule has 2 aromatic carbocycles. The topological polar surface area (TPSA) is 91.7 Å². The number of benzene rings is 2. The SMILES string of the molecule is CCOc1cc(/C=C\C(=O)N2CSC[C@@H]2C(=O)Nc2ccc(C#N)cc2)ccc1OC. The van der Waals surface area contributed by atoms with E-state index in [0.29, 0.717) is 41.0 Å². The van der Waals surface area contributed by atoms with Crippen LogP contribution in [-0.4, -0.2) is 48.1 Å². The molecule has 160 valence electrons. The highest BCUT2D eigenvalue weighted by atomic mass is 32.2. The summed E-state index contributed by atoms with van der Waals surface area (Å²) < 4.78 is 10.8. The molecule has 2 aromatic rings. The highest BCUT2D eigenvalue weighted by molar-refractivity contribution is 7.99. The first-order valence-corrected chi connectivity index (χ1v) is 10.9. The van der Waals surface area contributed by atoms with Crippen LogP contribution >= 0.6 is 11.8 Å². The van der Waals surface area contributed by atoms with E-state index in [1.165, 1.54) is 17.8 Å². The van der Waals surface area contributed by atoms with E-state index in [1.807, 2.05) is 19.1 Å². The van der Waals surface area contributed by atoms with E-state index in [9.17, 15) is 9.59 Å². The van der Waals surface area contributed by atoms with Crippen LogP contribution in [0.5, 0.6) is 11.5 Å². The Morgan fingerprint density at radius 2 is 2.03 bits per heavy atom. The standard InChI is InChI=1S/C23H23N3O4S/c1-3-30-21-12-16(6-10-20(21)29-2)7-11-22(27)26-15-31-14-19(26)23(28)25-18-8-4-17(13-24)5-9-18/h4-12,19H,3,14-15H2,1-2H3,(H,25,28)/b11-7-/t19-/m1/s1. The van der Waals surface area contributed by atoms with Gasteiger partial charge in [0.25, 0.3) is 0 Å². The van der Waals surface area contributed by atoms with Gasteiger partial charge in [-0.05, 0) is 55.0 Å². The van der Waals surface area contributed by atoms with E-state index in [4.69, 9.17) is 14.7 Å². The number of thioether (sulfide) groups is 1. The molecule has 1 N–H and O–H groups in total. The molecule has 0 radical (unpaired) electrons. The molecular weight excluding hydrogens is 414 g/mol. The van der Waals surface area contributed by atoms with Gasteiger partial charge in [0.15, 0.2) is 11.5 Å². The highest BCUT2D eigenvalue weighted by Crippen LogP contribution is 2.29. The fraction of sp³-hybridized carbons (Fsp3) is 0.261. The summed E-state index contributed by atoms with van der Waals surface area (Å²) in [4.78, 5) is 27.0. The van der Waals surface area contributed by atoms with Gasteiger partial charge in [-0.15, -0.1) is 11.8 Å². The molecule has 0 unspecified atom stereocenters. The largest absolute Gasteiger partial charge is 0.493 e. The van der Waals surface area contributed by atoms with Crippen molar-refractivity contribution in [3.63, 3.8) is 0 Å². The van der Waals surface area contributed by atoms with Crippen molar-refractivity contribution in [3.8, 4) is 17.6 Å². The van der Waals surface area contributed by atoms with E-state index < -0.39 is 6.04 Å². The lowest BCUT2D eigenvalue weighted by Gasteiger charge is -2.21. The second-order valence-electron chi connectivity index (χ2n) is 6.68. The van der Waals surface area contributed by atoms with Crippen LogP contribution in [0.4, 0.5) is 5.69 Å². The van der Waals surface area contributed by atoms with Crippen LogP contribution in [0.3, 0.4) is 0 Å². The van der Waals surface area contributed by atoms with Gasteiger partial charge in [-0.25, -0.2) is 0 Å². The fourth-order valence-corrected chi connectivity index (χ4v) is 4.22. The third-order valence-corrected chi connectivity index (χ3v) is 5.67. The van der Waals surface area contributed by atoms with Gasteiger partial charge < -0.3 is 19.7 Å². The van der Waals surface area contributed by atoms with Gasteiger partial charge in [0.2, 0.25) is 11.8 Å². The van der Waals surface area contributed by atoms with Crippen LogP contribution in [0.15, 0.2) is 48.5 Å². The number of hydrogen-bond acceptors (Lipinski definition) is 6. The number of rotatable bonds is 7. The van der Waals surface area contributed by atoms with E-state index in [1.54, 1.807) is 54.5 Å². The third-order valence-electron chi connectivity index (χ3n) is 4.66. The maximum atomic E-state index is 12.8. The van der Waals surface area contributed by atoms with Crippen molar-refractivity contribution in [2.45, 2.75) is 13.0 Å². The summed E-state index contributed by atoms with van der Waals surface area (Å²) in [5.74, 6) is 1.72. The number of nitrogens with one attached hydrogen (secondary N) is 1. The lowest BCUT2D eigenvalue weighted by molar-refractivity contribution is -0.132. The summed E-state index contributed by atoms with van der Waals surface area (Å²) in [5, 5.41) is 11.7.